The van der Waals surface area contributed by atoms with Gasteiger partial charge in [-0.2, -0.15) is 5.26 Å². The molecular formula is C11H6Cl2N4. The van der Waals surface area contributed by atoms with Crippen LogP contribution in [0.1, 0.15) is 5.56 Å². The molecule has 0 spiro atoms. The number of nitrogens with zero attached hydrogens (tertiary/aromatic N) is 3. The first kappa shape index (κ1) is 11.6. The Morgan fingerprint density at radius 2 is 2.00 bits per heavy atom. The van der Waals surface area contributed by atoms with Crippen LogP contribution in [0.4, 0.5) is 11.5 Å². The SMILES string of the molecule is N#Cc1ccc(Cl)c(Nc2cc(Cl)ncn2)c1. The molecule has 0 aliphatic heterocycles. The van der Waals surface area contributed by atoms with Crippen molar-refractivity contribution in [2.24, 2.45) is 0 Å². The van der Waals surface area contributed by atoms with Gasteiger partial charge < -0.3 is 5.32 Å². The summed E-state index contributed by atoms with van der Waals surface area (Å²) < 4.78 is 0. The second-order valence-corrected chi connectivity index (χ2v) is 3.95. The lowest BCUT2D eigenvalue weighted by Crippen LogP contribution is -1.95. The highest BCUT2D eigenvalue weighted by Crippen LogP contribution is 2.26. The molecule has 0 atom stereocenters. The van der Waals surface area contributed by atoms with Gasteiger partial charge in [-0.1, -0.05) is 23.2 Å². The molecule has 0 saturated carbocycles. The number of hydrogen-bond donors (Lipinski definition) is 1. The van der Waals surface area contributed by atoms with Crippen LogP contribution in [0, 0.1) is 11.3 Å². The lowest BCUT2D eigenvalue weighted by molar-refractivity contribution is 1.17. The number of rotatable bonds is 2. The quantitative estimate of drug-likeness (QED) is 0.845. The van der Waals surface area contributed by atoms with E-state index in [0.29, 0.717) is 27.2 Å². The van der Waals surface area contributed by atoms with E-state index in [-0.39, 0.29) is 0 Å². The van der Waals surface area contributed by atoms with Crippen LogP contribution in [0.5, 0.6) is 0 Å². The van der Waals surface area contributed by atoms with Crippen LogP contribution < -0.4 is 5.32 Å². The topological polar surface area (TPSA) is 61.6 Å². The molecule has 0 unspecified atom stereocenters. The van der Waals surface area contributed by atoms with Gasteiger partial charge in [-0.25, -0.2) is 9.97 Å². The molecule has 1 heterocycles. The highest BCUT2D eigenvalue weighted by atomic mass is 35.5. The van der Waals surface area contributed by atoms with E-state index in [1.807, 2.05) is 6.07 Å². The van der Waals surface area contributed by atoms with E-state index in [4.69, 9.17) is 28.5 Å². The first-order valence-corrected chi connectivity index (χ1v) is 5.39. The lowest BCUT2D eigenvalue weighted by Gasteiger charge is -2.07. The lowest BCUT2D eigenvalue weighted by atomic mass is 10.2. The zero-order chi connectivity index (χ0) is 12.3. The molecule has 0 fully saturated rings. The number of benzene rings is 1. The molecule has 2 aromatic rings. The van der Waals surface area contributed by atoms with Gasteiger partial charge in [0.15, 0.2) is 0 Å². The van der Waals surface area contributed by atoms with Crippen molar-refractivity contribution in [3.63, 3.8) is 0 Å². The van der Waals surface area contributed by atoms with Crippen molar-refractivity contribution in [2.75, 3.05) is 5.32 Å². The average Bonchev–Trinajstić information content (AvgIpc) is 2.32. The summed E-state index contributed by atoms with van der Waals surface area (Å²) in [5, 5.41) is 12.6. The van der Waals surface area contributed by atoms with Gasteiger partial charge in [0.1, 0.15) is 17.3 Å². The highest BCUT2D eigenvalue weighted by molar-refractivity contribution is 6.33. The minimum Gasteiger partial charge on any atom is -0.339 e. The van der Waals surface area contributed by atoms with Crippen molar-refractivity contribution in [3.8, 4) is 6.07 Å². The van der Waals surface area contributed by atoms with Gasteiger partial charge in [0.2, 0.25) is 0 Å². The molecule has 1 N–H and O–H groups in total. The maximum Gasteiger partial charge on any atom is 0.135 e. The monoisotopic (exact) mass is 264 g/mol. The summed E-state index contributed by atoms with van der Waals surface area (Å²) >= 11 is 11.7. The molecule has 0 radical (unpaired) electrons. The maximum absolute atomic E-state index is 8.80. The minimum atomic E-state index is 0.329. The predicted octanol–water partition coefficient (Wildman–Crippen LogP) is 3.40. The van der Waals surface area contributed by atoms with E-state index in [1.165, 1.54) is 6.33 Å². The Bertz CT molecular complexity index is 592. The first-order valence-electron chi connectivity index (χ1n) is 4.63. The van der Waals surface area contributed by atoms with E-state index in [2.05, 4.69) is 15.3 Å². The summed E-state index contributed by atoms with van der Waals surface area (Å²) in [5.74, 6) is 0.516. The molecule has 1 aromatic heterocycles. The van der Waals surface area contributed by atoms with E-state index >= 15 is 0 Å². The molecule has 4 nitrogen and oxygen atoms in total. The van der Waals surface area contributed by atoms with Gasteiger partial charge in [0.05, 0.1) is 22.3 Å². The number of halogens is 2. The van der Waals surface area contributed by atoms with E-state index < -0.39 is 0 Å². The molecule has 0 aliphatic rings. The number of anilines is 2. The van der Waals surface area contributed by atoms with Crippen molar-refractivity contribution in [1.82, 2.24) is 9.97 Å². The maximum atomic E-state index is 8.80. The zero-order valence-corrected chi connectivity index (χ0v) is 10.00. The van der Waals surface area contributed by atoms with Crippen LogP contribution in [-0.4, -0.2) is 9.97 Å². The Balaban J connectivity index is 2.33. The summed E-state index contributed by atoms with van der Waals surface area (Å²) in [5.41, 5.74) is 1.11. The number of nitriles is 1. The third kappa shape index (κ3) is 2.84. The van der Waals surface area contributed by atoms with Gasteiger partial charge in [-0.3, -0.25) is 0 Å². The molecule has 0 bridgehead atoms. The Labute approximate surface area is 108 Å². The Kier molecular flexibility index (Phi) is 3.43. The molecule has 0 aliphatic carbocycles. The second kappa shape index (κ2) is 5.00. The van der Waals surface area contributed by atoms with Crippen LogP contribution in [-0.2, 0) is 0 Å². The van der Waals surface area contributed by atoms with E-state index in [9.17, 15) is 0 Å². The average molecular weight is 265 g/mol. The summed E-state index contributed by atoms with van der Waals surface area (Å²) in [6.07, 6.45) is 1.34. The molecule has 2 rings (SSSR count). The van der Waals surface area contributed by atoms with Crippen molar-refractivity contribution in [3.05, 3.63) is 46.3 Å². The molecule has 17 heavy (non-hydrogen) atoms. The van der Waals surface area contributed by atoms with Crippen molar-refractivity contribution in [1.29, 1.82) is 5.26 Å². The van der Waals surface area contributed by atoms with Crippen LogP contribution in [0.3, 0.4) is 0 Å². The standard InChI is InChI=1S/C11H6Cl2N4/c12-8-2-1-7(5-14)3-9(8)17-11-4-10(13)15-6-16-11/h1-4,6H,(H,15,16,17). The summed E-state index contributed by atoms with van der Waals surface area (Å²) in [4.78, 5) is 7.75. The molecule has 84 valence electrons. The summed E-state index contributed by atoms with van der Waals surface area (Å²) in [7, 11) is 0. The second-order valence-electron chi connectivity index (χ2n) is 3.16. The van der Waals surface area contributed by atoms with Crippen LogP contribution in [0.15, 0.2) is 30.6 Å². The molecule has 6 heteroatoms. The Morgan fingerprint density at radius 1 is 1.18 bits per heavy atom. The molecule has 0 saturated heterocycles. The van der Waals surface area contributed by atoms with Gasteiger partial charge in [0, 0.05) is 6.07 Å². The van der Waals surface area contributed by atoms with Crippen LogP contribution >= 0.6 is 23.2 Å². The Morgan fingerprint density at radius 3 is 2.71 bits per heavy atom. The van der Waals surface area contributed by atoms with Crippen molar-refractivity contribution >= 4 is 34.7 Å². The normalized spacial score (nSPS) is 9.71. The first-order chi connectivity index (χ1) is 8.19. The van der Waals surface area contributed by atoms with Gasteiger partial charge in [-0.05, 0) is 18.2 Å². The van der Waals surface area contributed by atoms with Crippen molar-refractivity contribution in [2.45, 2.75) is 0 Å². The fraction of sp³-hybridized carbons (Fsp3) is 0. The third-order valence-corrected chi connectivity index (χ3v) is 2.53. The minimum absolute atomic E-state index is 0.329. The van der Waals surface area contributed by atoms with Crippen LogP contribution in [0.25, 0.3) is 0 Å². The molecule has 1 aromatic carbocycles. The smallest absolute Gasteiger partial charge is 0.135 e. The fourth-order valence-electron chi connectivity index (χ4n) is 1.23. The number of aromatic nitrogens is 2. The van der Waals surface area contributed by atoms with Gasteiger partial charge in [-0.15, -0.1) is 0 Å². The zero-order valence-electron chi connectivity index (χ0n) is 8.48. The highest BCUT2D eigenvalue weighted by Gasteiger charge is 2.04. The largest absolute Gasteiger partial charge is 0.339 e. The summed E-state index contributed by atoms with van der Waals surface area (Å²) in [6.45, 7) is 0. The number of hydrogen-bond acceptors (Lipinski definition) is 4. The van der Waals surface area contributed by atoms with E-state index in [1.54, 1.807) is 24.3 Å². The predicted molar refractivity (Wildman–Crippen MR) is 66.5 cm³/mol. The van der Waals surface area contributed by atoms with Gasteiger partial charge in [0.25, 0.3) is 0 Å². The van der Waals surface area contributed by atoms with Crippen LogP contribution in [0.2, 0.25) is 10.2 Å². The fourth-order valence-corrected chi connectivity index (χ4v) is 1.54. The Hall–Kier alpha value is -1.83. The molecular weight excluding hydrogens is 259 g/mol. The summed E-state index contributed by atoms with van der Waals surface area (Å²) in [6, 6.07) is 8.52. The number of nitrogens with one attached hydrogen (secondary N) is 1. The third-order valence-electron chi connectivity index (χ3n) is 1.99. The van der Waals surface area contributed by atoms with Gasteiger partial charge >= 0.3 is 0 Å². The van der Waals surface area contributed by atoms with E-state index in [0.717, 1.165) is 0 Å². The van der Waals surface area contributed by atoms with Crippen molar-refractivity contribution < 1.29 is 0 Å². The molecule has 0 amide bonds.